The van der Waals surface area contributed by atoms with Gasteiger partial charge in [0, 0.05) is 30.6 Å². The van der Waals surface area contributed by atoms with Crippen LogP contribution in [-0.4, -0.2) is 19.9 Å². The first-order chi connectivity index (χ1) is 9.29. The third kappa shape index (κ3) is 4.73. The molecule has 0 saturated heterocycles. The summed E-state index contributed by atoms with van der Waals surface area (Å²) in [6.45, 7) is 8.04. The molecule has 2 rings (SSSR count). The highest BCUT2D eigenvalue weighted by Crippen LogP contribution is 2.14. The van der Waals surface area contributed by atoms with Crippen molar-refractivity contribution in [1.82, 2.24) is 19.9 Å². The summed E-state index contributed by atoms with van der Waals surface area (Å²) in [6.07, 6.45) is 8.60. The van der Waals surface area contributed by atoms with E-state index in [2.05, 4.69) is 26.9 Å². The molecule has 4 nitrogen and oxygen atoms in total. The largest absolute Gasteiger partial charge is 0.241 e. The lowest BCUT2D eigenvalue weighted by atomic mass is 10.2. The van der Waals surface area contributed by atoms with Gasteiger partial charge in [-0.05, 0) is 19.4 Å². The Kier molecular flexibility index (Phi) is 6.64. The van der Waals surface area contributed by atoms with Gasteiger partial charge in [0.1, 0.15) is 11.6 Å². The average molecular weight is 258 g/mol. The minimum Gasteiger partial charge on any atom is -0.241 e. The SMILES string of the molecule is CC.CCCCc1nccc(-c2cnc(C)nc2)n1. The normalized spacial score (nSPS) is 9.68. The molecule has 2 heterocycles. The lowest BCUT2D eigenvalue weighted by molar-refractivity contribution is 0.753. The Morgan fingerprint density at radius 2 is 1.74 bits per heavy atom. The summed E-state index contributed by atoms with van der Waals surface area (Å²) >= 11 is 0. The van der Waals surface area contributed by atoms with Crippen molar-refractivity contribution in [2.45, 2.75) is 47.0 Å². The number of hydrogen-bond donors (Lipinski definition) is 0. The van der Waals surface area contributed by atoms with E-state index in [0.29, 0.717) is 0 Å². The first-order valence-corrected chi connectivity index (χ1v) is 6.90. The first kappa shape index (κ1) is 15.2. The van der Waals surface area contributed by atoms with E-state index >= 15 is 0 Å². The highest BCUT2D eigenvalue weighted by Gasteiger charge is 2.02. The van der Waals surface area contributed by atoms with Gasteiger partial charge in [-0.25, -0.2) is 19.9 Å². The van der Waals surface area contributed by atoms with Crippen molar-refractivity contribution >= 4 is 0 Å². The quantitative estimate of drug-likeness (QED) is 0.840. The Bertz CT molecular complexity index is 480. The zero-order valence-corrected chi connectivity index (χ0v) is 12.2. The van der Waals surface area contributed by atoms with Crippen molar-refractivity contribution in [2.24, 2.45) is 0 Å². The van der Waals surface area contributed by atoms with Gasteiger partial charge in [-0.2, -0.15) is 0 Å². The minimum atomic E-state index is 0.772. The maximum Gasteiger partial charge on any atom is 0.128 e. The lowest BCUT2D eigenvalue weighted by Crippen LogP contribution is -1.97. The van der Waals surface area contributed by atoms with Crippen LogP contribution in [0.2, 0.25) is 0 Å². The number of rotatable bonds is 4. The summed E-state index contributed by atoms with van der Waals surface area (Å²) in [4.78, 5) is 17.1. The Morgan fingerprint density at radius 1 is 1.05 bits per heavy atom. The average Bonchev–Trinajstić information content (AvgIpc) is 2.48. The Hall–Kier alpha value is -1.84. The van der Waals surface area contributed by atoms with Crippen molar-refractivity contribution in [3.05, 3.63) is 36.3 Å². The molecular weight excluding hydrogens is 236 g/mol. The third-order valence-electron chi connectivity index (χ3n) is 2.54. The van der Waals surface area contributed by atoms with Gasteiger partial charge in [-0.3, -0.25) is 0 Å². The summed E-state index contributed by atoms with van der Waals surface area (Å²) in [7, 11) is 0. The van der Waals surface area contributed by atoms with Crippen LogP contribution in [0.1, 0.15) is 45.3 Å². The van der Waals surface area contributed by atoms with Crippen LogP contribution >= 0.6 is 0 Å². The summed E-state index contributed by atoms with van der Waals surface area (Å²) in [5.74, 6) is 1.67. The molecule has 0 bridgehead atoms. The zero-order chi connectivity index (χ0) is 14.1. The first-order valence-electron chi connectivity index (χ1n) is 6.90. The Balaban J connectivity index is 0.000000861. The van der Waals surface area contributed by atoms with Gasteiger partial charge in [0.25, 0.3) is 0 Å². The van der Waals surface area contributed by atoms with Crippen LogP contribution in [0.5, 0.6) is 0 Å². The lowest BCUT2D eigenvalue weighted by Gasteiger charge is -2.03. The van der Waals surface area contributed by atoms with Crippen molar-refractivity contribution < 1.29 is 0 Å². The van der Waals surface area contributed by atoms with Gasteiger partial charge in [-0.1, -0.05) is 27.2 Å². The van der Waals surface area contributed by atoms with E-state index < -0.39 is 0 Å². The zero-order valence-electron chi connectivity index (χ0n) is 12.2. The van der Waals surface area contributed by atoms with Crippen molar-refractivity contribution in [3.63, 3.8) is 0 Å². The molecule has 2 aromatic rings. The van der Waals surface area contributed by atoms with E-state index in [1.165, 1.54) is 0 Å². The number of nitrogens with zero attached hydrogens (tertiary/aromatic N) is 4. The van der Waals surface area contributed by atoms with Crippen LogP contribution in [0, 0.1) is 6.92 Å². The maximum atomic E-state index is 4.52. The molecule has 0 amide bonds. The molecule has 2 aromatic heterocycles. The standard InChI is InChI=1S/C13H16N4.C2H6/c1-3-4-5-13-14-7-6-12(17-13)11-8-15-10(2)16-9-11;1-2/h6-9H,3-5H2,1-2H3;1-2H3. The molecule has 0 atom stereocenters. The second kappa shape index (κ2) is 8.29. The summed E-state index contributed by atoms with van der Waals surface area (Å²) < 4.78 is 0. The summed E-state index contributed by atoms with van der Waals surface area (Å²) in [6, 6.07) is 1.89. The van der Waals surface area contributed by atoms with Crippen LogP contribution in [0.3, 0.4) is 0 Å². The fraction of sp³-hybridized carbons (Fsp3) is 0.467. The number of aromatic nitrogens is 4. The highest BCUT2D eigenvalue weighted by atomic mass is 14.9. The highest BCUT2D eigenvalue weighted by molar-refractivity contribution is 5.55. The van der Waals surface area contributed by atoms with Crippen LogP contribution in [-0.2, 0) is 6.42 Å². The second-order valence-electron chi connectivity index (χ2n) is 3.98. The molecule has 0 spiro atoms. The number of unbranched alkanes of at least 4 members (excludes halogenated alkanes) is 1. The van der Waals surface area contributed by atoms with Gasteiger partial charge in [0.15, 0.2) is 0 Å². The van der Waals surface area contributed by atoms with E-state index in [4.69, 9.17) is 0 Å². The predicted molar refractivity (Wildman–Crippen MR) is 77.8 cm³/mol. The van der Waals surface area contributed by atoms with Crippen LogP contribution in [0.25, 0.3) is 11.3 Å². The molecule has 0 radical (unpaired) electrons. The molecule has 0 aliphatic heterocycles. The van der Waals surface area contributed by atoms with E-state index in [1.807, 2.05) is 26.8 Å². The molecule has 0 saturated carbocycles. The molecule has 0 N–H and O–H groups in total. The van der Waals surface area contributed by atoms with E-state index in [1.54, 1.807) is 18.6 Å². The molecule has 0 aromatic carbocycles. The predicted octanol–water partition coefficient (Wildman–Crippen LogP) is 3.61. The maximum absolute atomic E-state index is 4.52. The van der Waals surface area contributed by atoms with Gasteiger partial charge in [-0.15, -0.1) is 0 Å². The van der Waals surface area contributed by atoms with E-state index in [-0.39, 0.29) is 0 Å². The molecule has 0 fully saturated rings. The molecule has 0 aliphatic carbocycles. The van der Waals surface area contributed by atoms with Crippen molar-refractivity contribution in [2.75, 3.05) is 0 Å². The molecule has 0 aliphatic rings. The third-order valence-corrected chi connectivity index (χ3v) is 2.54. The molecule has 0 unspecified atom stereocenters. The smallest absolute Gasteiger partial charge is 0.128 e. The van der Waals surface area contributed by atoms with Crippen LogP contribution in [0.15, 0.2) is 24.7 Å². The van der Waals surface area contributed by atoms with Crippen molar-refractivity contribution in [3.8, 4) is 11.3 Å². The van der Waals surface area contributed by atoms with Gasteiger partial charge in [0.05, 0.1) is 5.69 Å². The molecular formula is C15H22N4. The number of aryl methyl sites for hydroxylation is 2. The van der Waals surface area contributed by atoms with Gasteiger partial charge in [0.2, 0.25) is 0 Å². The fourth-order valence-electron chi connectivity index (χ4n) is 1.54. The van der Waals surface area contributed by atoms with Gasteiger partial charge >= 0.3 is 0 Å². The monoisotopic (exact) mass is 258 g/mol. The van der Waals surface area contributed by atoms with Crippen molar-refractivity contribution in [1.29, 1.82) is 0 Å². The van der Waals surface area contributed by atoms with E-state index in [9.17, 15) is 0 Å². The minimum absolute atomic E-state index is 0.772. The van der Waals surface area contributed by atoms with Crippen LogP contribution < -0.4 is 0 Å². The molecule has 102 valence electrons. The second-order valence-corrected chi connectivity index (χ2v) is 3.98. The van der Waals surface area contributed by atoms with Crippen LogP contribution in [0.4, 0.5) is 0 Å². The Morgan fingerprint density at radius 3 is 2.37 bits per heavy atom. The van der Waals surface area contributed by atoms with Gasteiger partial charge < -0.3 is 0 Å². The number of hydrogen-bond acceptors (Lipinski definition) is 4. The molecule has 4 heteroatoms. The Labute approximate surface area is 115 Å². The topological polar surface area (TPSA) is 51.6 Å². The fourth-order valence-corrected chi connectivity index (χ4v) is 1.54. The molecule has 19 heavy (non-hydrogen) atoms. The summed E-state index contributed by atoms with van der Waals surface area (Å²) in [5.41, 5.74) is 1.84. The van der Waals surface area contributed by atoms with E-state index in [0.717, 1.165) is 42.2 Å². The summed E-state index contributed by atoms with van der Waals surface area (Å²) in [5, 5.41) is 0.